The number of methoxy groups -OCH3 is 1. The minimum atomic E-state index is -4.06. The number of nitrogens with zero attached hydrogens (tertiary/aromatic N) is 2. The Labute approximate surface area is 201 Å². The van der Waals surface area contributed by atoms with Gasteiger partial charge in [-0.3, -0.25) is 0 Å². The number of anilines is 1. The highest BCUT2D eigenvalue weighted by atomic mass is 32.2. The third-order valence-electron chi connectivity index (χ3n) is 5.20. The van der Waals surface area contributed by atoms with E-state index in [4.69, 9.17) is 18.7 Å². The van der Waals surface area contributed by atoms with Crippen molar-refractivity contribution in [2.24, 2.45) is 5.92 Å². The summed E-state index contributed by atoms with van der Waals surface area (Å²) in [6, 6.07) is 14.3. The summed E-state index contributed by atoms with van der Waals surface area (Å²) in [6.45, 7) is 8.63. The first kappa shape index (κ1) is 25.7. The highest BCUT2D eigenvalue weighted by Gasteiger charge is 2.32. The van der Waals surface area contributed by atoms with E-state index in [0.717, 1.165) is 15.6 Å². The van der Waals surface area contributed by atoms with Crippen LogP contribution in [0.25, 0.3) is 11.1 Å². The Morgan fingerprint density at radius 1 is 1.03 bits per heavy atom. The van der Waals surface area contributed by atoms with Gasteiger partial charge in [-0.2, -0.15) is 0 Å². The van der Waals surface area contributed by atoms with Crippen molar-refractivity contribution >= 4 is 15.9 Å². The van der Waals surface area contributed by atoms with Crippen LogP contribution in [0.5, 0.6) is 5.75 Å². The molecule has 2 aromatic carbocycles. The molecule has 0 aliphatic heterocycles. The lowest BCUT2D eigenvalue weighted by molar-refractivity contribution is 0.0744. The van der Waals surface area contributed by atoms with Crippen LogP contribution in [0, 0.1) is 19.8 Å². The maximum Gasteiger partial charge on any atom is 0.269 e. The summed E-state index contributed by atoms with van der Waals surface area (Å²) in [6.07, 6.45) is 0. The zero-order valence-electron chi connectivity index (χ0n) is 20.3. The van der Waals surface area contributed by atoms with Crippen LogP contribution < -0.4 is 9.04 Å². The van der Waals surface area contributed by atoms with Gasteiger partial charge in [0, 0.05) is 18.2 Å². The summed E-state index contributed by atoms with van der Waals surface area (Å²) in [5.74, 6) is 1.27. The molecule has 0 amide bonds. The third kappa shape index (κ3) is 5.97. The smallest absolute Gasteiger partial charge is 0.269 e. The molecule has 0 N–H and O–H groups in total. The number of ether oxygens (including phenoxy) is 3. The van der Waals surface area contributed by atoms with Crippen LogP contribution in [0.1, 0.15) is 25.1 Å². The summed E-state index contributed by atoms with van der Waals surface area (Å²) < 4.78 is 50.7. The van der Waals surface area contributed by atoms with E-state index in [1.165, 1.54) is 0 Å². The van der Waals surface area contributed by atoms with Crippen molar-refractivity contribution in [3.8, 4) is 16.9 Å². The first-order valence-corrected chi connectivity index (χ1v) is 12.5. The Bertz CT molecular complexity index is 1170. The lowest BCUT2D eigenvalue weighted by Crippen LogP contribution is -2.34. The lowest BCUT2D eigenvalue weighted by atomic mass is 10.1. The van der Waals surface area contributed by atoms with Gasteiger partial charge < -0.3 is 18.7 Å². The first-order valence-electron chi connectivity index (χ1n) is 11.1. The number of hydrogen-bond acceptors (Lipinski definition) is 7. The number of benzene rings is 2. The summed E-state index contributed by atoms with van der Waals surface area (Å²) in [4.78, 5) is 0.134. The molecule has 0 aliphatic carbocycles. The van der Waals surface area contributed by atoms with Crippen LogP contribution in [0.3, 0.4) is 0 Å². The van der Waals surface area contributed by atoms with Gasteiger partial charge in [-0.25, -0.2) is 12.7 Å². The fourth-order valence-corrected chi connectivity index (χ4v) is 4.76. The molecule has 0 aliphatic rings. The highest BCUT2D eigenvalue weighted by molar-refractivity contribution is 7.93. The Morgan fingerprint density at radius 2 is 1.74 bits per heavy atom. The van der Waals surface area contributed by atoms with Crippen LogP contribution in [0.4, 0.5) is 5.88 Å². The van der Waals surface area contributed by atoms with Gasteiger partial charge in [0.1, 0.15) is 12.5 Å². The van der Waals surface area contributed by atoms with Gasteiger partial charge in [0.2, 0.25) is 5.88 Å². The van der Waals surface area contributed by atoms with Crippen molar-refractivity contribution in [1.29, 1.82) is 0 Å². The number of sulfonamides is 1. The van der Waals surface area contributed by atoms with Crippen LogP contribution >= 0.6 is 0 Å². The lowest BCUT2D eigenvalue weighted by Gasteiger charge is -2.23. The molecule has 3 aromatic rings. The molecular formula is C25H32N2O6S. The topological polar surface area (TPSA) is 91.1 Å². The maximum absolute atomic E-state index is 13.9. The summed E-state index contributed by atoms with van der Waals surface area (Å²) >= 11 is 0. The normalized spacial score (nSPS) is 11.7. The van der Waals surface area contributed by atoms with Crippen molar-refractivity contribution in [2.75, 3.05) is 38.0 Å². The van der Waals surface area contributed by atoms with Crippen molar-refractivity contribution in [3.05, 3.63) is 59.8 Å². The second-order valence-electron chi connectivity index (χ2n) is 8.31. The van der Waals surface area contributed by atoms with Gasteiger partial charge >= 0.3 is 0 Å². The second-order valence-corrected chi connectivity index (χ2v) is 10.1. The average molecular weight is 489 g/mol. The zero-order chi connectivity index (χ0) is 24.7. The maximum atomic E-state index is 13.9. The molecular weight excluding hydrogens is 456 g/mol. The number of aromatic nitrogens is 1. The molecule has 0 saturated heterocycles. The van der Waals surface area contributed by atoms with E-state index in [1.54, 1.807) is 45.2 Å². The molecule has 0 spiro atoms. The molecule has 0 bridgehead atoms. The molecule has 3 rings (SSSR count). The van der Waals surface area contributed by atoms with E-state index < -0.39 is 10.0 Å². The number of aryl methyl sites for hydroxylation is 1. The molecule has 9 heteroatoms. The second kappa shape index (κ2) is 11.5. The Balaban J connectivity index is 1.98. The third-order valence-corrected chi connectivity index (χ3v) is 6.97. The van der Waals surface area contributed by atoms with Gasteiger partial charge in [0.25, 0.3) is 10.0 Å². The van der Waals surface area contributed by atoms with E-state index >= 15 is 0 Å². The van der Waals surface area contributed by atoms with Gasteiger partial charge in [-0.15, -0.1) is 0 Å². The monoisotopic (exact) mass is 488 g/mol. The molecule has 0 fully saturated rings. The standard InChI is InChI=1S/C25H32N2O6S/c1-18(2)16-32-22-12-10-21(11-13-22)23-8-6-7-9-24(23)34(28,29)27(17-31-15-14-30-5)25-19(3)20(4)26-33-25/h6-13,18H,14-17H2,1-5H3. The van der Waals surface area contributed by atoms with Crippen LogP contribution in [-0.4, -0.2) is 47.2 Å². The van der Waals surface area contributed by atoms with Crippen molar-refractivity contribution in [1.82, 2.24) is 5.16 Å². The fourth-order valence-electron chi connectivity index (χ4n) is 3.21. The minimum Gasteiger partial charge on any atom is -0.493 e. The van der Waals surface area contributed by atoms with Crippen LogP contribution in [0.15, 0.2) is 57.9 Å². The van der Waals surface area contributed by atoms with E-state index in [1.807, 2.05) is 24.3 Å². The molecule has 1 heterocycles. The van der Waals surface area contributed by atoms with Gasteiger partial charge in [-0.1, -0.05) is 49.3 Å². The predicted octanol–water partition coefficient (Wildman–Crippen LogP) is 4.81. The minimum absolute atomic E-state index is 0.127. The number of rotatable bonds is 12. The summed E-state index contributed by atoms with van der Waals surface area (Å²) in [7, 11) is -2.51. The predicted molar refractivity (Wildman–Crippen MR) is 131 cm³/mol. The largest absolute Gasteiger partial charge is 0.493 e. The van der Waals surface area contributed by atoms with Gasteiger partial charge in [0.05, 0.1) is 30.4 Å². The molecule has 0 saturated carbocycles. The van der Waals surface area contributed by atoms with E-state index in [9.17, 15) is 8.42 Å². The molecule has 34 heavy (non-hydrogen) atoms. The average Bonchev–Trinajstić information content (AvgIpc) is 3.15. The quantitative estimate of drug-likeness (QED) is 0.267. The number of hydrogen-bond donors (Lipinski definition) is 0. The first-order chi connectivity index (χ1) is 16.3. The van der Waals surface area contributed by atoms with E-state index in [0.29, 0.717) is 36.0 Å². The summed E-state index contributed by atoms with van der Waals surface area (Å²) in [5.41, 5.74) is 2.55. The van der Waals surface area contributed by atoms with E-state index in [-0.39, 0.29) is 24.1 Å². The van der Waals surface area contributed by atoms with Gasteiger partial charge in [0.15, 0.2) is 0 Å². The molecule has 0 atom stereocenters. The zero-order valence-corrected chi connectivity index (χ0v) is 21.1. The van der Waals surface area contributed by atoms with Crippen LogP contribution in [-0.2, 0) is 19.5 Å². The molecule has 1 aromatic heterocycles. The molecule has 8 nitrogen and oxygen atoms in total. The summed E-state index contributed by atoms with van der Waals surface area (Å²) in [5, 5.41) is 3.93. The van der Waals surface area contributed by atoms with Gasteiger partial charge in [-0.05, 0) is 43.5 Å². The molecule has 184 valence electrons. The van der Waals surface area contributed by atoms with E-state index in [2.05, 4.69) is 19.0 Å². The Morgan fingerprint density at radius 3 is 2.35 bits per heavy atom. The Hall–Kier alpha value is -2.88. The highest BCUT2D eigenvalue weighted by Crippen LogP contribution is 2.34. The SMILES string of the molecule is COCCOCN(c1onc(C)c1C)S(=O)(=O)c1ccccc1-c1ccc(OCC(C)C)cc1. The van der Waals surface area contributed by atoms with Crippen molar-refractivity contribution in [3.63, 3.8) is 0 Å². The van der Waals surface area contributed by atoms with Crippen molar-refractivity contribution < 1.29 is 27.2 Å². The molecule has 0 radical (unpaired) electrons. The van der Waals surface area contributed by atoms with Crippen molar-refractivity contribution in [2.45, 2.75) is 32.6 Å². The molecule has 0 unspecified atom stereocenters. The van der Waals surface area contributed by atoms with Crippen LogP contribution in [0.2, 0.25) is 0 Å². The Kier molecular flexibility index (Phi) is 8.71. The fraction of sp³-hybridized carbons (Fsp3) is 0.400.